The van der Waals surface area contributed by atoms with E-state index in [1.165, 1.54) is 17.7 Å². The van der Waals surface area contributed by atoms with Crippen LogP contribution in [0, 0.1) is 6.92 Å². The molecule has 2 aromatic heterocycles. The smallest absolute Gasteiger partial charge is 0.330 e. The second-order valence-electron chi connectivity index (χ2n) is 7.29. The van der Waals surface area contributed by atoms with Gasteiger partial charge in [-0.3, -0.25) is 19.1 Å². The van der Waals surface area contributed by atoms with E-state index in [-0.39, 0.29) is 16.6 Å². The third kappa shape index (κ3) is 4.15. The number of nitrogens with one attached hydrogen (secondary N) is 2. The SMILES string of the molecule is COc1ccccc1NC(=O)c1cc2c(=O)[nH]c(=O)n(CCc3ccccc3)c2nc1C. The number of pyridine rings is 1. The Balaban J connectivity index is 1.72. The first-order valence-electron chi connectivity index (χ1n) is 10.1. The van der Waals surface area contributed by atoms with Gasteiger partial charge < -0.3 is 10.1 Å². The highest BCUT2D eigenvalue weighted by atomic mass is 16.5. The van der Waals surface area contributed by atoms with E-state index in [4.69, 9.17) is 4.74 Å². The van der Waals surface area contributed by atoms with Gasteiger partial charge >= 0.3 is 5.69 Å². The van der Waals surface area contributed by atoms with Crippen LogP contribution in [0.1, 0.15) is 21.6 Å². The van der Waals surface area contributed by atoms with Gasteiger partial charge in [0.1, 0.15) is 11.4 Å². The van der Waals surface area contributed by atoms with Gasteiger partial charge in [0.25, 0.3) is 11.5 Å². The number of ether oxygens (including phenoxy) is 1. The number of nitrogens with zero attached hydrogens (tertiary/aromatic N) is 2. The average Bonchev–Trinajstić information content (AvgIpc) is 2.79. The molecular weight excluding hydrogens is 408 g/mol. The Morgan fingerprint density at radius 3 is 2.56 bits per heavy atom. The number of hydrogen-bond acceptors (Lipinski definition) is 5. The minimum absolute atomic E-state index is 0.174. The van der Waals surface area contributed by atoms with Crippen molar-refractivity contribution in [2.45, 2.75) is 19.9 Å². The zero-order valence-corrected chi connectivity index (χ0v) is 17.7. The monoisotopic (exact) mass is 430 g/mol. The summed E-state index contributed by atoms with van der Waals surface area (Å²) < 4.78 is 6.70. The molecule has 0 saturated heterocycles. The maximum Gasteiger partial charge on any atom is 0.330 e. The number of aryl methyl sites for hydroxylation is 3. The fourth-order valence-electron chi connectivity index (χ4n) is 3.55. The fraction of sp³-hybridized carbons (Fsp3) is 0.167. The van der Waals surface area contributed by atoms with Crippen LogP contribution in [0.25, 0.3) is 11.0 Å². The van der Waals surface area contributed by atoms with Crippen LogP contribution in [0.3, 0.4) is 0 Å². The van der Waals surface area contributed by atoms with Crippen molar-refractivity contribution >= 4 is 22.6 Å². The summed E-state index contributed by atoms with van der Waals surface area (Å²) in [6.45, 7) is 2.01. The van der Waals surface area contributed by atoms with Gasteiger partial charge in [-0.25, -0.2) is 9.78 Å². The molecule has 0 radical (unpaired) electrons. The summed E-state index contributed by atoms with van der Waals surface area (Å²) in [5.74, 6) is 0.0858. The van der Waals surface area contributed by atoms with Crippen LogP contribution in [0.5, 0.6) is 5.75 Å². The molecule has 2 N–H and O–H groups in total. The molecule has 0 bridgehead atoms. The molecule has 8 nitrogen and oxygen atoms in total. The van der Waals surface area contributed by atoms with Crippen molar-refractivity contribution in [2.24, 2.45) is 0 Å². The molecule has 0 fully saturated rings. The molecule has 0 saturated carbocycles. The largest absolute Gasteiger partial charge is 0.495 e. The molecule has 0 aliphatic heterocycles. The highest BCUT2D eigenvalue weighted by Gasteiger charge is 2.17. The Bertz CT molecular complexity index is 1410. The lowest BCUT2D eigenvalue weighted by molar-refractivity contribution is 0.102. The molecule has 0 aliphatic carbocycles. The molecule has 4 rings (SSSR count). The number of anilines is 1. The Morgan fingerprint density at radius 1 is 1.09 bits per heavy atom. The number of aromatic nitrogens is 3. The summed E-state index contributed by atoms with van der Waals surface area (Å²) in [6, 6.07) is 18.2. The Kier molecular flexibility index (Phi) is 5.85. The lowest BCUT2D eigenvalue weighted by atomic mass is 10.1. The molecule has 0 atom stereocenters. The van der Waals surface area contributed by atoms with Crippen LogP contribution in [-0.4, -0.2) is 27.6 Å². The van der Waals surface area contributed by atoms with Gasteiger partial charge in [-0.05, 0) is 37.1 Å². The van der Waals surface area contributed by atoms with Crippen molar-refractivity contribution in [3.63, 3.8) is 0 Å². The molecule has 2 heterocycles. The van der Waals surface area contributed by atoms with Crippen molar-refractivity contribution in [2.75, 3.05) is 12.4 Å². The summed E-state index contributed by atoms with van der Waals surface area (Å²) in [6.07, 6.45) is 0.596. The number of amides is 1. The number of para-hydroxylation sites is 2. The number of methoxy groups -OCH3 is 1. The predicted octanol–water partition coefficient (Wildman–Crippen LogP) is 2.90. The van der Waals surface area contributed by atoms with Gasteiger partial charge in [0, 0.05) is 6.54 Å². The van der Waals surface area contributed by atoms with Gasteiger partial charge in [-0.2, -0.15) is 0 Å². The van der Waals surface area contributed by atoms with E-state index in [1.807, 2.05) is 30.3 Å². The van der Waals surface area contributed by atoms with Crippen LogP contribution in [0.4, 0.5) is 5.69 Å². The highest BCUT2D eigenvalue weighted by molar-refractivity contribution is 6.07. The number of hydrogen-bond donors (Lipinski definition) is 2. The zero-order chi connectivity index (χ0) is 22.7. The molecular formula is C24H22N4O4. The van der Waals surface area contributed by atoms with Crippen LogP contribution in [0.15, 0.2) is 70.3 Å². The van der Waals surface area contributed by atoms with Crippen molar-refractivity contribution in [3.05, 3.63) is 98.3 Å². The second kappa shape index (κ2) is 8.89. The van der Waals surface area contributed by atoms with E-state index in [0.717, 1.165) is 5.56 Å². The lowest BCUT2D eigenvalue weighted by Gasteiger charge is -2.13. The van der Waals surface area contributed by atoms with Gasteiger partial charge in [-0.1, -0.05) is 42.5 Å². The van der Waals surface area contributed by atoms with E-state index >= 15 is 0 Å². The molecule has 0 spiro atoms. The summed E-state index contributed by atoms with van der Waals surface area (Å²) in [5, 5.41) is 2.97. The van der Waals surface area contributed by atoms with E-state index in [2.05, 4.69) is 15.3 Å². The van der Waals surface area contributed by atoms with Crippen LogP contribution in [0.2, 0.25) is 0 Å². The summed E-state index contributed by atoms with van der Waals surface area (Å²) in [7, 11) is 1.52. The first-order chi connectivity index (χ1) is 15.5. The van der Waals surface area contributed by atoms with Crippen molar-refractivity contribution in [1.29, 1.82) is 0 Å². The third-order valence-electron chi connectivity index (χ3n) is 5.23. The Morgan fingerprint density at radius 2 is 1.81 bits per heavy atom. The van der Waals surface area contributed by atoms with Gasteiger partial charge in [-0.15, -0.1) is 0 Å². The molecule has 2 aromatic carbocycles. The number of aromatic amines is 1. The quantitative estimate of drug-likeness (QED) is 0.489. The molecule has 1 amide bonds. The van der Waals surface area contributed by atoms with E-state index < -0.39 is 17.2 Å². The topological polar surface area (TPSA) is 106 Å². The molecule has 162 valence electrons. The number of carbonyl (C=O) groups excluding carboxylic acids is 1. The normalized spacial score (nSPS) is 10.8. The van der Waals surface area contributed by atoms with Crippen LogP contribution in [-0.2, 0) is 13.0 Å². The first-order valence-corrected chi connectivity index (χ1v) is 10.1. The minimum atomic E-state index is -0.584. The van der Waals surface area contributed by atoms with Crippen molar-refractivity contribution < 1.29 is 9.53 Å². The maximum atomic E-state index is 12.9. The first kappa shape index (κ1) is 21.0. The van der Waals surface area contributed by atoms with Gasteiger partial charge in [0.05, 0.1) is 29.4 Å². The molecule has 4 aromatic rings. The standard InChI is InChI=1S/C24H22N4O4/c1-15-17(22(29)26-19-10-6-7-11-20(19)32-2)14-18-21(25-15)28(24(31)27-23(18)30)13-12-16-8-4-3-5-9-16/h3-11,14H,12-13H2,1-2H3,(H,26,29)(H,27,30,31). The molecule has 0 unspecified atom stereocenters. The summed E-state index contributed by atoms with van der Waals surface area (Å²) >= 11 is 0. The maximum absolute atomic E-state index is 12.9. The molecule has 8 heteroatoms. The lowest BCUT2D eigenvalue weighted by Crippen LogP contribution is -2.32. The number of fused-ring (bicyclic) bond motifs is 1. The number of rotatable bonds is 6. The minimum Gasteiger partial charge on any atom is -0.495 e. The van der Waals surface area contributed by atoms with Crippen molar-refractivity contribution in [3.8, 4) is 5.75 Å². The Labute approximate surface area is 183 Å². The third-order valence-corrected chi connectivity index (χ3v) is 5.23. The average molecular weight is 430 g/mol. The highest BCUT2D eigenvalue weighted by Crippen LogP contribution is 2.24. The number of H-pyrrole nitrogens is 1. The summed E-state index contributed by atoms with van der Waals surface area (Å²) in [5.41, 5.74) is 1.34. The van der Waals surface area contributed by atoms with Crippen LogP contribution < -0.4 is 21.3 Å². The van der Waals surface area contributed by atoms with E-state index in [9.17, 15) is 14.4 Å². The Hall–Kier alpha value is -4.20. The fourth-order valence-corrected chi connectivity index (χ4v) is 3.55. The number of benzene rings is 2. The number of carbonyl (C=O) groups is 1. The molecule has 0 aliphatic rings. The van der Waals surface area contributed by atoms with Gasteiger partial charge in [0.2, 0.25) is 0 Å². The second-order valence-corrected chi connectivity index (χ2v) is 7.29. The van der Waals surface area contributed by atoms with E-state index in [0.29, 0.717) is 30.1 Å². The van der Waals surface area contributed by atoms with Gasteiger partial charge in [0.15, 0.2) is 0 Å². The van der Waals surface area contributed by atoms with Crippen molar-refractivity contribution in [1.82, 2.24) is 14.5 Å². The predicted molar refractivity (Wildman–Crippen MR) is 122 cm³/mol. The summed E-state index contributed by atoms with van der Waals surface area (Å²) in [4.78, 5) is 44.7. The zero-order valence-electron chi connectivity index (χ0n) is 17.7. The molecule has 32 heavy (non-hydrogen) atoms. The van der Waals surface area contributed by atoms with E-state index in [1.54, 1.807) is 31.2 Å². The van der Waals surface area contributed by atoms with Crippen LogP contribution >= 0.6 is 0 Å².